The lowest BCUT2D eigenvalue weighted by Gasteiger charge is -2.29. The fourth-order valence-electron chi connectivity index (χ4n) is 7.27. The second-order valence-electron chi connectivity index (χ2n) is 12.9. The van der Waals surface area contributed by atoms with Crippen LogP contribution in [0.1, 0.15) is 66.4 Å². The van der Waals surface area contributed by atoms with Gasteiger partial charge in [-0.25, -0.2) is 18.2 Å². The van der Waals surface area contributed by atoms with E-state index >= 15 is 4.39 Å². The van der Waals surface area contributed by atoms with Crippen LogP contribution in [0.3, 0.4) is 0 Å². The average Bonchev–Trinajstić information content (AvgIpc) is 3.48. The molecule has 0 radical (unpaired) electrons. The first-order valence-electron chi connectivity index (χ1n) is 15.9. The van der Waals surface area contributed by atoms with E-state index in [9.17, 15) is 37.5 Å². The zero-order valence-electron chi connectivity index (χ0n) is 26.4. The molecule has 2 saturated heterocycles. The number of aromatic hydroxyl groups is 1. The summed E-state index contributed by atoms with van der Waals surface area (Å²) in [7, 11) is -2.67. The zero-order chi connectivity index (χ0) is 34.8. The van der Waals surface area contributed by atoms with Crippen molar-refractivity contribution in [2.45, 2.75) is 50.5 Å². The van der Waals surface area contributed by atoms with E-state index in [0.717, 1.165) is 42.8 Å². The highest BCUT2D eigenvalue weighted by molar-refractivity contribution is 7.92. The van der Waals surface area contributed by atoms with Crippen molar-refractivity contribution in [2.75, 3.05) is 17.4 Å². The van der Waals surface area contributed by atoms with Crippen LogP contribution in [-0.4, -0.2) is 59.4 Å². The first-order valence-corrected chi connectivity index (χ1v) is 17.4. The summed E-state index contributed by atoms with van der Waals surface area (Å²) in [5.41, 5.74) is 1.73. The van der Waals surface area contributed by atoms with Crippen LogP contribution in [0.25, 0.3) is 21.8 Å². The lowest BCUT2D eigenvalue weighted by Crippen LogP contribution is -2.44. The summed E-state index contributed by atoms with van der Waals surface area (Å²) in [5.74, 6) is -3.29. The molecule has 0 spiro atoms. The molecule has 16 heteroatoms. The van der Waals surface area contributed by atoms with Gasteiger partial charge in [0.05, 0.1) is 11.0 Å². The molecule has 49 heavy (non-hydrogen) atoms. The molecule has 4 aromatic rings. The van der Waals surface area contributed by atoms with Crippen LogP contribution in [0.15, 0.2) is 47.3 Å². The molecule has 7 rings (SSSR count). The minimum atomic E-state index is -4.34. The molecule has 3 fully saturated rings. The van der Waals surface area contributed by atoms with Gasteiger partial charge in [-0.1, -0.05) is 12.1 Å². The van der Waals surface area contributed by atoms with Gasteiger partial charge in [-0.15, -0.1) is 0 Å². The molecule has 1 aliphatic carbocycles. The minimum Gasteiger partial charge on any atom is -0.506 e. The number of hydrogen-bond acceptors (Lipinski definition) is 8. The van der Waals surface area contributed by atoms with Gasteiger partial charge < -0.3 is 10.4 Å². The predicted octanol–water partition coefficient (Wildman–Crippen LogP) is 2.20. The van der Waals surface area contributed by atoms with Crippen LogP contribution in [-0.2, 0) is 31.6 Å². The number of nitrogens with one attached hydrogen (secondary N) is 3. The number of anilines is 1. The van der Waals surface area contributed by atoms with Gasteiger partial charge in [0.1, 0.15) is 24.0 Å². The highest BCUT2D eigenvalue weighted by Gasteiger charge is 2.38. The number of carbonyl (C=O) groups excluding carboxylic acids is 4. The van der Waals surface area contributed by atoms with Gasteiger partial charge in [-0.2, -0.15) is 8.42 Å². The number of rotatable bonds is 6. The highest BCUT2D eigenvalue weighted by Crippen LogP contribution is 2.39. The van der Waals surface area contributed by atoms with Gasteiger partial charge in [0, 0.05) is 31.0 Å². The first kappa shape index (κ1) is 32.3. The van der Waals surface area contributed by atoms with Crippen molar-refractivity contribution in [2.24, 2.45) is 13.0 Å². The fraction of sp³-hybridized carbons (Fsp3) is 0.364. The standard InChI is InChI=1S/C33H33FN6O8S/c1-38-25-13-19(7-9-23(25)40(33(38)46)24-10-11-27(42)36-32(24)45)18-4-2-17(3-5-18)15-35-31(44)20-6-8-22-21(12-20)14-26(41)30(29(22)34)39-16-28(43)37-49(39,47)48/h6-9,12-14,17-18,24,41H,2-5,10-11,15-16H2,1H3,(H,35,44)(H,37,43)(H,36,42,45). The van der Waals surface area contributed by atoms with Gasteiger partial charge in [0.2, 0.25) is 11.8 Å². The van der Waals surface area contributed by atoms with E-state index in [1.165, 1.54) is 27.3 Å². The number of piperidine rings is 1. The van der Waals surface area contributed by atoms with Crippen LogP contribution < -0.4 is 25.4 Å². The van der Waals surface area contributed by atoms with E-state index in [1.54, 1.807) is 11.8 Å². The lowest BCUT2D eigenvalue weighted by molar-refractivity contribution is -0.135. The number of phenolic OH excluding ortho intramolecular Hbond substituents is 1. The number of nitrogens with zero attached hydrogens (tertiary/aromatic N) is 3. The Morgan fingerprint density at radius 1 is 0.980 bits per heavy atom. The number of hydrogen-bond donors (Lipinski definition) is 4. The van der Waals surface area contributed by atoms with Crippen molar-refractivity contribution in [1.82, 2.24) is 24.5 Å². The molecular weight excluding hydrogens is 659 g/mol. The molecule has 14 nitrogen and oxygen atoms in total. The second kappa shape index (κ2) is 12.0. The number of benzene rings is 3. The number of fused-ring (bicyclic) bond motifs is 2. The number of carbonyl (C=O) groups is 4. The number of halogens is 1. The molecule has 3 aliphatic rings. The smallest absolute Gasteiger partial charge is 0.329 e. The van der Waals surface area contributed by atoms with E-state index in [-0.39, 0.29) is 58.5 Å². The van der Waals surface area contributed by atoms with Gasteiger partial charge in [-0.3, -0.25) is 33.6 Å². The molecule has 1 aromatic heterocycles. The number of imide groups is 1. The Morgan fingerprint density at radius 3 is 2.43 bits per heavy atom. The molecule has 2 aliphatic heterocycles. The molecular formula is C33H33FN6O8S. The molecule has 256 valence electrons. The first-order chi connectivity index (χ1) is 23.3. The monoisotopic (exact) mass is 692 g/mol. The Kier molecular flexibility index (Phi) is 7.92. The quantitative estimate of drug-likeness (QED) is 0.221. The Bertz CT molecular complexity index is 2260. The molecule has 1 unspecified atom stereocenters. The fourth-order valence-corrected chi connectivity index (χ4v) is 8.43. The third kappa shape index (κ3) is 5.68. The molecule has 4 N–H and O–H groups in total. The average molecular weight is 693 g/mol. The van der Waals surface area contributed by atoms with Crippen molar-refractivity contribution < 1.29 is 37.1 Å². The van der Waals surface area contributed by atoms with Gasteiger partial charge in [-0.05, 0) is 85.2 Å². The zero-order valence-corrected chi connectivity index (χ0v) is 27.2. The van der Waals surface area contributed by atoms with Crippen molar-refractivity contribution in [3.05, 3.63) is 69.9 Å². The lowest BCUT2D eigenvalue weighted by atomic mass is 9.78. The SMILES string of the molecule is Cn1c(=O)n(C2CCC(=O)NC2=O)c2ccc(C3CCC(CNC(=O)c4ccc5c(F)c(N6CC(=O)NS6(=O)=O)c(O)cc5c4)CC3)cc21. The topological polar surface area (TPSA) is 189 Å². The number of aryl methyl sites for hydroxylation is 1. The maximum Gasteiger partial charge on any atom is 0.329 e. The van der Waals surface area contributed by atoms with E-state index in [4.69, 9.17) is 0 Å². The van der Waals surface area contributed by atoms with Crippen LogP contribution in [0.4, 0.5) is 10.1 Å². The number of imidazole rings is 1. The Labute approximate surface area is 279 Å². The highest BCUT2D eigenvalue weighted by atomic mass is 32.2. The van der Waals surface area contributed by atoms with Crippen LogP contribution in [0.5, 0.6) is 5.75 Å². The van der Waals surface area contributed by atoms with Crippen LogP contribution in [0.2, 0.25) is 0 Å². The molecule has 1 atom stereocenters. The third-order valence-electron chi connectivity index (χ3n) is 9.87. The predicted molar refractivity (Wildman–Crippen MR) is 176 cm³/mol. The van der Waals surface area contributed by atoms with Crippen LogP contribution >= 0.6 is 0 Å². The summed E-state index contributed by atoms with van der Waals surface area (Å²) in [5, 5.41) is 15.9. The summed E-state index contributed by atoms with van der Waals surface area (Å²) in [6, 6.07) is 10.4. The minimum absolute atomic E-state index is 0.0250. The molecule has 4 amide bonds. The summed E-state index contributed by atoms with van der Waals surface area (Å²) in [4.78, 5) is 61.9. The number of amides is 4. The molecule has 1 saturated carbocycles. The number of phenols is 1. The summed E-state index contributed by atoms with van der Waals surface area (Å²) in [6.45, 7) is -0.240. The third-order valence-corrected chi connectivity index (χ3v) is 11.2. The number of aromatic nitrogens is 2. The largest absolute Gasteiger partial charge is 0.506 e. The van der Waals surface area contributed by atoms with E-state index < -0.39 is 51.9 Å². The molecule has 0 bridgehead atoms. The van der Waals surface area contributed by atoms with E-state index in [0.29, 0.717) is 16.4 Å². The summed E-state index contributed by atoms with van der Waals surface area (Å²) >= 11 is 0. The van der Waals surface area contributed by atoms with Crippen molar-refractivity contribution in [3.63, 3.8) is 0 Å². The summed E-state index contributed by atoms with van der Waals surface area (Å²) < 4.78 is 45.0. The molecule has 3 aromatic carbocycles. The summed E-state index contributed by atoms with van der Waals surface area (Å²) in [6.07, 6.45) is 3.90. The van der Waals surface area contributed by atoms with Gasteiger partial charge in [0.25, 0.3) is 11.8 Å². The second-order valence-corrected chi connectivity index (χ2v) is 14.5. The van der Waals surface area contributed by atoms with Crippen molar-refractivity contribution in [3.8, 4) is 5.75 Å². The van der Waals surface area contributed by atoms with Crippen molar-refractivity contribution >= 4 is 61.3 Å². The Hall–Kier alpha value is -5.25. The van der Waals surface area contributed by atoms with Gasteiger partial charge in [0.15, 0.2) is 5.82 Å². The Balaban J connectivity index is 0.994. The van der Waals surface area contributed by atoms with Gasteiger partial charge >= 0.3 is 15.9 Å². The van der Waals surface area contributed by atoms with Crippen LogP contribution in [0, 0.1) is 11.7 Å². The van der Waals surface area contributed by atoms with E-state index in [2.05, 4.69) is 10.6 Å². The Morgan fingerprint density at radius 2 is 1.73 bits per heavy atom. The maximum atomic E-state index is 15.4. The molecule has 3 heterocycles. The van der Waals surface area contributed by atoms with Crippen molar-refractivity contribution in [1.29, 1.82) is 0 Å². The van der Waals surface area contributed by atoms with E-state index in [1.807, 2.05) is 18.2 Å². The normalized spacial score (nSPS) is 22.4. The maximum absolute atomic E-state index is 15.4.